The van der Waals surface area contributed by atoms with Crippen molar-refractivity contribution in [1.82, 2.24) is 0 Å². The largest absolute Gasteiger partial charge is 0.355 e. The predicted octanol–water partition coefficient (Wildman–Crippen LogP) is 6.21. The third-order valence-corrected chi connectivity index (χ3v) is 4.78. The monoisotopic (exact) mass is 554 g/mol. The molecule has 0 saturated carbocycles. The summed E-state index contributed by atoms with van der Waals surface area (Å²) in [4.78, 5) is 0. The highest BCUT2D eigenvalue weighted by Gasteiger charge is 2.06. The molecule has 4 atom stereocenters. The third kappa shape index (κ3) is 19.5. The number of rotatable bonds is 16. The number of ether oxygens (including phenoxy) is 3. The van der Waals surface area contributed by atoms with Gasteiger partial charge in [0.1, 0.15) is 13.6 Å². The molecule has 0 spiro atoms. The van der Waals surface area contributed by atoms with Gasteiger partial charge in [-0.25, -0.2) is 0 Å². The van der Waals surface area contributed by atoms with Gasteiger partial charge in [0.25, 0.3) is 0 Å². The molecule has 0 N–H and O–H groups in total. The van der Waals surface area contributed by atoms with Crippen LogP contribution < -0.4 is 0 Å². The summed E-state index contributed by atoms with van der Waals surface area (Å²) in [6.45, 7) is 11.4. The van der Waals surface area contributed by atoms with E-state index in [0.29, 0.717) is 13.6 Å². The van der Waals surface area contributed by atoms with Crippen molar-refractivity contribution >= 4 is 45.2 Å². The van der Waals surface area contributed by atoms with E-state index >= 15 is 0 Å². The average Bonchev–Trinajstić information content (AvgIpc) is 2.43. The first-order valence-corrected chi connectivity index (χ1v) is 11.4. The van der Waals surface area contributed by atoms with Gasteiger partial charge in [0.2, 0.25) is 0 Å². The molecule has 4 unspecified atom stereocenters. The second-order valence-electron chi connectivity index (χ2n) is 6.78. The van der Waals surface area contributed by atoms with Crippen LogP contribution in [0.4, 0.5) is 0 Å². The van der Waals surface area contributed by atoms with E-state index in [1.54, 1.807) is 0 Å². The van der Waals surface area contributed by atoms with E-state index in [1.165, 1.54) is 25.7 Å². The molecular weight excluding hydrogens is 518 g/mol. The predicted molar refractivity (Wildman–Crippen MR) is 116 cm³/mol. The molecule has 0 aromatic carbocycles. The number of hydrogen-bond acceptors (Lipinski definition) is 3. The van der Waals surface area contributed by atoms with Gasteiger partial charge in [0.05, 0.1) is 0 Å². The minimum absolute atomic E-state index is 0.347. The molecule has 0 fully saturated rings. The quantitative estimate of drug-likeness (QED) is 0.0984. The van der Waals surface area contributed by atoms with E-state index < -0.39 is 0 Å². The Kier molecular flexibility index (Phi) is 17.8. The van der Waals surface area contributed by atoms with E-state index in [4.69, 9.17) is 14.2 Å². The SMILES string of the molecule is CC(I)CC(C)CCCOCOCOCCCC(C)CC(C)I. The van der Waals surface area contributed by atoms with Crippen molar-refractivity contribution in [2.45, 2.75) is 74.1 Å². The molecule has 0 aliphatic carbocycles. The number of hydrogen-bond donors (Lipinski definition) is 0. The highest BCUT2D eigenvalue weighted by molar-refractivity contribution is 14.1. The highest BCUT2D eigenvalue weighted by Crippen LogP contribution is 2.18. The molecule has 5 heteroatoms. The standard InChI is InChI=1S/C18H36I2O3/c1-15(11-17(3)19)7-5-9-21-13-23-14-22-10-6-8-16(2)12-18(4)20/h15-18H,5-14H2,1-4H3. The lowest BCUT2D eigenvalue weighted by atomic mass is 10.0. The maximum atomic E-state index is 5.47. The van der Waals surface area contributed by atoms with Crippen LogP contribution in [0.3, 0.4) is 0 Å². The lowest BCUT2D eigenvalue weighted by Gasteiger charge is -2.13. The molecule has 3 nitrogen and oxygen atoms in total. The molecule has 0 saturated heterocycles. The van der Waals surface area contributed by atoms with Crippen molar-refractivity contribution < 1.29 is 14.2 Å². The summed E-state index contributed by atoms with van der Waals surface area (Å²) in [6.07, 6.45) is 7.28. The zero-order valence-electron chi connectivity index (χ0n) is 15.4. The van der Waals surface area contributed by atoms with Crippen LogP contribution in [0.25, 0.3) is 0 Å². The number of halogens is 2. The van der Waals surface area contributed by atoms with Gasteiger partial charge >= 0.3 is 0 Å². The van der Waals surface area contributed by atoms with Crippen molar-refractivity contribution in [1.29, 1.82) is 0 Å². The van der Waals surface area contributed by atoms with Gasteiger partial charge in [-0.05, 0) is 50.4 Å². The van der Waals surface area contributed by atoms with Crippen LogP contribution in [0.5, 0.6) is 0 Å². The zero-order valence-corrected chi connectivity index (χ0v) is 19.7. The lowest BCUT2D eigenvalue weighted by Crippen LogP contribution is -2.08. The van der Waals surface area contributed by atoms with Gasteiger partial charge in [-0.2, -0.15) is 0 Å². The second kappa shape index (κ2) is 16.8. The minimum atomic E-state index is 0.347. The summed E-state index contributed by atoms with van der Waals surface area (Å²) < 4.78 is 17.8. The van der Waals surface area contributed by atoms with Crippen LogP contribution >= 0.6 is 45.2 Å². The highest BCUT2D eigenvalue weighted by atomic mass is 127. The van der Waals surface area contributed by atoms with E-state index in [-0.39, 0.29) is 0 Å². The maximum absolute atomic E-state index is 5.47. The summed E-state index contributed by atoms with van der Waals surface area (Å²) in [5, 5.41) is 0. The Morgan fingerprint density at radius 2 is 1.04 bits per heavy atom. The van der Waals surface area contributed by atoms with Gasteiger partial charge < -0.3 is 14.2 Å². The van der Waals surface area contributed by atoms with Crippen LogP contribution in [0.15, 0.2) is 0 Å². The van der Waals surface area contributed by atoms with Crippen molar-refractivity contribution in [2.75, 3.05) is 26.8 Å². The fourth-order valence-corrected chi connectivity index (χ4v) is 4.42. The fourth-order valence-electron chi connectivity index (χ4n) is 2.68. The van der Waals surface area contributed by atoms with E-state index in [1.807, 2.05) is 0 Å². The topological polar surface area (TPSA) is 27.7 Å². The minimum Gasteiger partial charge on any atom is -0.355 e. The van der Waals surface area contributed by atoms with E-state index in [2.05, 4.69) is 72.9 Å². The Bertz CT molecular complexity index is 226. The Labute approximate surface area is 171 Å². The molecule has 0 bridgehead atoms. The van der Waals surface area contributed by atoms with Gasteiger partial charge in [0, 0.05) is 21.1 Å². The molecule has 0 aliphatic heterocycles. The first-order chi connectivity index (χ1) is 10.9. The van der Waals surface area contributed by atoms with Gasteiger partial charge in [0.15, 0.2) is 0 Å². The van der Waals surface area contributed by atoms with Crippen LogP contribution in [-0.2, 0) is 14.2 Å². The molecular formula is C18H36I2O3. The van der Waals surface area contributed by atoms with Gasteiger partial charge in [-0.3, -0.25) is 0 Å². The summed E-state index contributed by atoms with van der Waals surface area (Å²) in [7, 11) is 0. The molecule has 0 aromatic rings. The lowest BCUT2D eigenvalue weighted by molar-refractivity contribution is -0.132. The van der Waals surface area contributed by atoms with E-state index in [9.17, 15) is 0 Å². The molecule has 0 aromatic heterocycles. The van der Waals surface area contributed by atoms with Crippen LogP contribution in [0.1, 0.15) is 66.2 Å². The van der Waals surface area contributed by atoms with Crippen molar-refractivity contribution in [3.05, 3.63) is 0 Å². The zero-order chi connectivity index (χ0) is 17.5. The van der Waals surface area contributed by atoms with Crippen molar-refractivity contribution in [2.24, 2.45) is 11.8 Å². The normalized spacial score (nSPS) is 17.0. The molecule has 0 amide bonds. The third-order valence-electron chi connectivity index (χ3n) is 3.76. The molecule has 0 radical (unpaired) electrons. The van der Waals surface area contributed by atoms with Gasteiger partial charge in [-0.1, -0.05) is 72.9 Å². The molecule has 140 valence electrons. The second-order valence-corrected chi connectivity index (χ2v) is 11.0. The Morgan fingerprint density at radius 3 is 1.39 bits per heavy atom. The summed E-state index contributed by atoms with van der Waals surface area (Å²) >= 11 is 4.99. The van der Waals surface area contributed by atoms with Crippen molar-refractivity contribution in [3.63, 3.8) is 0 Å². The van der Waals surface area contributed by atoms with E-state index in [0.717, 1.165) is 45.7 Å². The first kappa shape index (κ1) is 24.3. The smallest absolute Gasteiger partial charge is 0.149 e. The molecule has 0 aliphatic rings. The summed E-state index contributed by atoms with van der Waals surface area (Å²) in [5.41, 5.74) is 0. The van der Waals surface area contributed by atoms with Gasteiger partial charge in [-0.15, -0.1) is 0 Å². The Balaban J connectivity index is 3.19. The first-order valence-electron chi connectivity index (χ1n) is 8.93. The van der Waals surface area contributed by atoms with Crippen LogP contribution in [0, 0.1) is 11.8 Å². The fraction of sp³-hybridized carbons (Fsp3) is 1.00. The summed E-state index contributed by atoms with van der Waals surface area (Å²) in [6, 6.07) is 0. The molecule has 23 heavy (non-hydrogen) atoms. The number of alkyl halides is 2. The summed E-state index contributed by atoms with van der Waals surface area (Å²) in [5.74, 6) is 1.57. The van der Waals surface area contributed by atoms with Crippen LogP contribution in [0.2, 0.25) is 0 Å². The van der Waals surface area contributed by atoms with Crippen LogP contribution in [-0.4, -0.2) is 34.6 Å². The molecule has 0 heterocycles. The average molecular weight is 554 g/mol. The Hall–Kier alpha value is 1.34. The maximum Gasteiger partial charge on any atom is 0.149 e. The molecule has 0 rings (SSSR count). The van der Waals surface area contributed by atoms with Crippen molar-refractivity contribution in [3.8, 4) is 0 Å². The Morgan fingerprint density at radius 1 is 0.652 bits per heavy atom.